The molecule has 0 saturated heterocycles. The van der Waals surface area contributed by atoms with Gasteiger partial charge in [-0.15, -0.1) is 0 Å². The van der Waals surface area contributed by atoms with Crippen molar-refractivity contribution in [2.75, 3.05) is 13.1 Å². The zero-order valence-electron chi connectivity index (χ0n) is 15.6. The van der Waals surface area contributed by atoms with Crippen LogP contribution < -0.4 is 5.32 Å². The quantitative estimate of drug-likeness (QED) is 0.807. The van der Waals surface area contributed by atoms with Gasteiger partial charge < -0.3 is 5.32 Å². The van der Waals surface area contributed by atoms with E-state index in [-0.39, 0.29) is 17.3 Å². The fourth-order valence-electron chi connectivity index (χ4n) is 2.68. The first kappa shape index (κ1) is 20.1. The Morgan fingerprint density at radius 3 is 2.42 bits per heavy atom. The maximum absolute atomic E-state index is 12.7. The Labute approximate surface area is 155 Å². The lowest BCUT2D eigenvalue weighted by atomic mass is 10.1. The lowest BCUT2D eigenvalue weighted by Crippen LogP contribution is -2.31. The van der Waals surface area contributed by atoms with Gasteiger partial charge in [0.05, 0.1) is 17.1 Å². The van der Waals surface area contributed by atoms with Crippen LogP contribution in [0.15, 0.2) is 41.3 Å². The van der Waals surface area contributed by atoms with Crippen LogP contribution >= 0.6 is 0 Å². The van der Waals surface area contributed by atoms with Gasteiger partial charge in [-0.25, -0.2) is 8.42 Å². The van der Waals surface area contributed by atoms with Crippen LogP contribution in [0.2, 0.25) is 0 Å². The summed E-state index contributed by atoms with van der Waals surface area (Å²) in [5, 5.41) is 2.81. The predicted octanol–water partition coefficient (Wildman–Crippen LogP) is 2.66. The molecule has 0 fully saturated rings. The summed E-state index contributed by atoms with van der Waals surface area (Å²) in [6.45, 7) is 8.30. The number of rotatable bonds is 7. The van der Waals surface area contributed by atoms with Crippen LogP contribution in [-0.2, 0) is 16.6 Å². The zero-order chi connectivity index (χ0) is 19.3. The Morgan fingerprint density at radius 2 is 1.81 bits per heavy atom. The van der Waals surface area contributed by atoms with Crippen molar-refractivity contribution in [3.63, 3.8) is 0 Å². The number of hydrogen-bond acceptors (Lipinski definition) is 4. The van der Waals surface area contributed by atoms with Crippen molar-refractivity contribution in [3.8, 4) is 0 Å². The SMILES string of the molecule is CCN(CC)S(=O)(=O)c1ccc(C)c(C(=O)NCc2cccc(C)n2)c1. The summed E-state index contributed by atoms with van der Waals surface area (Å²) in [7, 11) is -3.61. The van der Waals surface area contributed by atoms with Crippen molar-refractivity contribution in [3.05, 3.63) is 58.9 Å². The molecule has 26 heavy (non-hydrogen) atoms. The third-order valence-electron chi connectivity index (χ3n) is 4.17. The molecule has 0 bridgehead atoms. The summed E-state index contributed by atoms with van der Waals surface area (Å²) in [4.78, 5) is 17.0. The second-order valence-electron chi connectivity index (χ2n) is 6.02. The Kier molecular flexibility index (Phi) is 6.50. The van der Waals surface area contributed by atoms with Crippen molar-refractivity contribution in [2.45, 2.75) is 39.1 Å². The van der Waals surface area contributed by atoms with Gasteiger partial charge in [-0.2, -0.15) is 4.31 Å². The van der Waals surface area contributed by atoms with Crippen LogP contribution in [0.5, 0.6) is 0 Å². The number of aryl methyl sites for hydroxylation is 2. The summed E-state index contributed by atoms with van der Waals surface area (Å²) in [6.07, 6.45) is 0. The minimum absolute atomic E-state index is 0.130. The Bertz CT molecular complexity index is 891. The third kappa shape index (κ3) is 4.47. The summed E-state index contributed by atoms with van der Waals surface area (Å²) in [6, 6.07) is 10.3. The van der Waals surface area contributed by atoms with E-state index in [0.717, 1.165) is 17.0 Å². The van der Waals surface area contributed by atoms with Crippen LogP contribution in [-0.4, -0.2) is 36.7 Å². The first-order chi connectivity index (χ1) is 12.3. The molecule has 1 aromatic carbocycles. The molecule has 0 spiro atoms. The van der Waals surface area contributed by atoms with E-state index in [2.05, 4.69) is 10.3 Å². The van der Waals surface area contributed by atoms with Crippen LogP contribution in [0.3, 0.4) is 0 Å². The summed E-state index contributed by atoms with van der Waals surface area (Å²) in [5.74, 6) is -0.317. The number of sulfonamides is 1. The van der Waals surface area contributed by atoms with E-state index in [1.165, 1.54) is 10.4 Å². The Balaban J connectivity index is 2.25. The average molecular weight is 375 g/mol. The first-order valence-electron chi connectivity index (χ1n) is 8.61. The van der Waals surface area contributed by atoms with Gasteiger partial charge in [0.1, 0.15) is 0 Å². The zero-order valence-corrected chi connectivity index (χ0v) is 16.4. The monoisotopic (exact) mass is 375 g/mol. The number of nitrogens with one attached hydrogen (secondary N) is 1. The summed E-state index contributed by atoms with van der Waals surface area (Å²) < 4.78 is 26.7. The van der Waals surface area contributed by atoms with Gasteiger partial charge in [0.25, 0.3) is 5.91 Å². The average Bonchev–Trinajstić information content (AvgIpc) is 2.60. The number of benzene rings is 1. The second kappa shape index (κ2) is 8.42. The minimum atomic E-state index is -3.61. The number of amides is 1. The van der Waals surface area contributed by atoms with Gasteiger partial charge in [0.15, 0.2) is 0 Å². The van der Waals surface area contributed by atoms with E-state index in [0.29, 0.717) is 18.7 Å². The molecule has 1 amide bonds. The molecule has 0 radical (unpaired) electrons. The molecular formula is C19H25N3O3S. The molecule has 2 rings (SSSR count). The molecule has 0 unspecified atom stereocenters. The van der Waals surface area contributed by atoms with Crippen molar-refractivity contribution in [1.29, 1.82) is 0 Å². The van der Waals surface area contributed by atoms with Gasteiger partial charge in [0.2, 0.25) is 10.0 Å². The van der Waals surface area contributed by atoms with E-state index in [4.69, 9.17) is 0 Å². The predicted molar refractivity (Wildman–Crippen MR) is 101 cm³/mol. The highest BCUT2D eigenvalue weighted by atomic mass is 32.2. The maximum Gasteiger partial charge on any atom is 0.251 e. The maximum atomic E-state index is 12.7. The number of nitrogens with zero attached hydrogens (tertiary/aromatic N) is 2. The fourth-order valence-corrected chi connectivity index (χ4v) is 4.17. The molecule has 2 aromatic rings. The normalized spacial score (nSPS) is 11.6. The fraction of sp³-hybridized carbons (Fsp3) is 0.368. The number of pyridine rings is 1. The topological polar surface area (TPSA) is 79.4 Å². The molecule has 1 N–H and O–H groups in total. The summed E-state index contributed by atoms with van der Waals surface area (Å²) >= 11 is 0. The molecule has 6 nitrogen and oxygen atoms in total. The molecule has 0 aliphatic rings. The lowest BCUT2D eigenvalue weighted by Gasteiger charge is -2.19. The second-order valence-corrected chi connectivity index (χ2v) is 7.96. The van der Waals surface area contributed by atoms with Crippen LogP contribution in [0, 0.1) is 13.8 Å². The largest absolute Gasteiger partial charge is 0.346 e. The number of carbonyl (C=O) groups is 1. The molecule has 1 aromatic heterocycles. The molecule has 7 heteroatoms. The van der Waals surface area contributed by atoms with Crippen molar-refractivity contribution in [2.24, 2.45) is 0 Å². The first-order valence-corrected chi connectivity index (χ1v) is 10.0. The highest BCUT2D eigenvalue weighted by Gasteiger charge is 2.23. The summed E-state index contributed by atoms with van der Waals surface area (Å²) in [5.41, 5.74) is 2.70. The molecule has 0 aliphatic heterocycles. The number of hydrogen-bond donors (Lipinski definition) is 1. The molecule has 0 saturated carbocycles. The third-order valence-corrected chi connectivity index (χ3v) is 6.22. The molecule has 140 valence electrons. The lowest BCUT2D eigenvalue weighted by molar-refractivity contribution is 0.0949. The van der Waals surface area contributed by atoms with Gasteiger partial charge in [-0.1, -0.05) is 26.0 Å². The molecular weight excluding hydrogens is 350 g/mol. The van der Waals surface area contributed by atoms with E-state index >= 15 is 0 Å². The standard InChI is InChI=1S/C19H25N3O3S/c1-5-22(6-2)26(24,25)17-11-10-14(3)18(12-17)19(23)20-13-16-9-7-8-15(4)21-16/h7-12H,5-6,13H2,1-4H3,(H,20,23). The molecule has 0 aliphatic carbocycles. The van der Waals surface area contributed by atoms with E-state index in [1.54, 1.807) is 32.9 Å². The van der Waals surface area contributed by atoms with E-state index in [9.17, 15) is 13.2 Å². The van der Waals surface area contributed by atoms with Crippen molar-refractivity contribution >= 4 is 15.9 Å². The van der Waals surface area contributed by atoms with Gasteiger partial charge in [-0.05, 0) is 43.7 Å². The van der Waals surface area contributed by atoms with Gasteiger partial charge >= 0.3 is 0 Å². The Hall–Kier alpha value is -2.25. The van der Waals surface area contributed by atoms with Gasteiger partial charge in [-0.3, -0.25) is 9.78 Å². The van der Waals surface area contributed by atoms with Crippen LogP contribution in [0.1, 0.15) is 41.2 Å². The van der Waals surface area contributed by atoms with Crippen molar-refractivity contribution in [1.82, 2.24) is 14.6 Å². The molecule has 1 heterocycles. The van der Waals surface area contributed by atoms with Crippen LogP contribution in [0.25, 0.3) is 0 Å². The van der Waals surface area contributed by atoms with Crippen LogP contribution in [0.4, 0.5) is 0 Å². The van der Waals surface area contributed by atoms with E-state index in [1.807, 2.05) is 25.1 Å². The smallest absolute Gasteiger partial charge is 0.251 e. The van der Waals surface area contributed by atoms with Gasteiger partial charge in [0, 0.05) is 24.3 Å². The van der Waals surface area contributed by atoms with E-state index < -0.39 is 10.0 Å². The van der Waals surface area contributed by atoms with Crippen molar-refractivity contribution < 1.29 is 13.2 Å². The highest BCUT2D eigenvalue weighted by molar-refractivity contribution is 7.89. The Morgan fingerprint density at radius 1 is 1.12 bits per heavy atom. The minimum Gasteiger partial charge on any atom is -0.346 e. The highest BCUT2D eigenvalue weighted by Crippen LogP contribution is 2.19. The number of aromatic nitrogens is 1. The number of carbonyl (C=O) groups excluding carboxylic acids is 1. The molecule has 0 atom stereocenters.